The van der Waals surface area contributed by atoms with Gasteiger partial charge in [0.15, 0.2) is 5.82 Å². The molecule has 0 spiro atoms. The minimum atomic E-state index is 0.305. The molecule has 0 saturated heterocycles. The Morgan fingerprint density at radius 2 is 1.78 bits per heavy atom. The summed E-state index contributed by atoms with van der Waals surface area (Å²) in [6.07, 6.45) is 1.40. The molecule has 0 radical (unpaired) electrons. The fraction of sp³-hybridized carbons (Fsp3) is 0.118. The minimum absolute atomic E-state index is 0.305. The third-order valence-electron chi connectivity index (χ3n) is 3.22. The van der Waals surface area contributed by atoms with E-state index >= 15 is 0 Å². The summed E-state index contributed by atoms with van der Waals surface area (Å²) < 4.78 is 5.73. The van der Waals surface area contributed by atoms with Gasteiger partial charge in [0.05, 0.1) is 0 Å². The maximum Gasteiger partial charge on any atom is 0.248 e. The van der Waals surface area contributed by atoms with Crippen molar-refractivity contribution in [2.24, 2.45) is 0 Å². The number of nitrogen functional groups attached to an aromatic ring is 1. The van der Waals surface area contributed by atoms with Gasteiger partial charge in [-0.05, 0) is 38.1 Å². The number of aromatic nitrogens is 3. The zero-order valence-corrected chi connectivity index (χ0v) is 12.9. The summed E-state index contributed by atoms with van der Waals surface area (Å²) in [4.78, 5) is 12.6. The maximum atomic E-state index is 6.11. The Hall–Kier alpha value is -3.15. The molecule has 3 N–H and O–H groups in total. The van der Waals surface area contributed by atoms with Crippen LogP contribution >= 0.6 is 0 Å². The van der Waals surface area contributed by atoms with Crippen LogP contribution in [0.25, 0.3) is 0 Å². The van der Waals surface area contributed by atoms with Gasteiger partial charge >= 0.3 is 0 Å². The van der Waals surface area contributed by atoms with E-state index in [1.807, 2.05) is 56.3 Å². The second kappa shape index (κ2) is 6.31. The van der Waals surface area contributed by atoms with Gasteiger partial charge in [-0.15, -0.1) is 0 Å². The summed E-state index contributed by atoms with van der Waals surface area (Å²) in [5, 5.41) is 3.08. The third-order valence-corrected chi connectivity index (χ3v) is 3.22. The van der Waals surface area contributed by atoms with E-state index in [2.05, 4.69) is 20.3 Å². The molecular formula is C17H17N5O. The quantitative estimate of drug-likeness (QED) is 0.766. The van der Waals surface area contributed by atoms with Gasteiger partial charge in [0.1, 0.15) is 23.6 Å². The molecule has 2 aromatic heterocycles. The molecule has 116 valence electrons. The Kier molecular flexibility index (Phi) is 4.05. The van der Waals surface area contributed by atoms with Gasteiger partial charge in [-0.3, -0.25) is 0 Å². The monoisotopic (exact) mass is 307 g/mol. The number of hydrogen-bond acceptors (Lipinski definition) is 6. The summed E-state index contributed by atoms with van der Waals surface area (Å²) in [7, 11) is 0. The van der Waals surface area contributed by atoms with Crippen molar-refractivity contribution in [3.63, 3.8) is 0 Å². The summed E-state index contributed by atoms with van der Waals surface area (Å²) >= 11 is 0. The molecule has 0 fully saturated rings. The molecule has 3 aromatic rings. The first-order chi connectivity index (χ1) is 11.1. The zero-order valence-electron chi connectivity index (χ0n) is 12.9. The maximum absolute atomic E-state index is 6.11. The van der Waals surface area contributed by atoms with Crippen LogP contribution in [0.1, 0.15) is 11.3 Å². The second-order valence-electron chi connectivity index (χ2n) is 5.15. The number of nitrogens with two attached hydrogens (primary N) is 1. The largest absolute Gasteiger partial charge is 0.437 e. The van der Waals surface area contributed by atoms with Crippen molar-refractivity contribution in [3.8, 4) is 11.6 Å². The number of hydrogen-bond donors (Lipinski definition) is 2. The van der Waals surface area contributed by atoms with Gasteiger partial charge < -0.3 is 15.8 Å². The Morgan fingerprint density at radius 3 is 2.52 bits per heavy atom. The molecule has 2 heterocycles. The van der Waals surface area contributed by atoms with E-state index in [1.165, 1.54) is 6.33 Å². The van der Waals surface area contributed by atoms with Crippen LogP contribution in [-0.4, -0.2) is 15.0 Å². The smallest absolute Gasteiger partial charge is 0.248 e. The van der Waals surface area contributed by atoms with Crippen molar-refractivity contribution < 1.29 is 4.74 Å². The Balaban J connectivity index is 1.84. The molecule has 0 aliphatic heterocycles. The SMILES string of the molecule is Cc1ccc(Oc2ncnc(Nc3cccc(C)n3)c2N)cc1. The van der Waals surface area contributed by atoms with Gasteiger partial charge in [0.2, 0.25) is 5.88 Å². The fourth-order valence-corrected chi connectivity index (χ4v) is 2.01. The van der Waals surface area contributed by atoms with Crippen LogP contribution < -0.4 is 15.8 Å². The lowest BCUT2D eigenvalue weighted by Gasteiger charge is -2.11. The minimum Gasteiger partial charge on any atom is -0.437 e. The third kappa shape index (κ3) is 3.55. The van der Waals surface area contributed by atoms with Crippen molar-refractivity contribution >= 4 is 17.3 Å². The van der Waals surface area contributed by atoms with Crippen molar-refractivity contribution in [1.82, 2.24) is 15.0 Å². The van der Waals surface area contributed by atoms with Crippen molar-refractivity contribution in [1.29, 1.82) is 0 Å². The Morgan fingerprint density at radius 1 is 1.00 bits per heavy atom. The zero-order chi connectivity index (χ0) is 16.2. The highest BCUT2D eigenvalue weighted by Gasteiger charge is 2.11. The number of nitrogens with one attached hydrogen (secondary N) is 1. The molecule has 0 unspecified atom stereocenters. The van der Waals surface area contributed by atoms with Crippen LogP contribution in [0.3, 0.4) is 0 Å². The number of ether oxygens (including phenoxy) is 1. The molecule has 0 amide bonds. The number of rotatable bonds is 4. The Bertz CT molecular complexity index is 817. The molecule has 6 nitrogen and oxygen atoms in total. The van der Waals surface area contributed by atoms with E-state index in [-0.39, 0.29) is 0 Å². The molecule has 1 aromatic carbocycles. The van der Waals surface area contributed by atoms with Gasteiger partial charge in [-0.2, -0.15) is 4.98 Å². The van der Waals surface area contributed by atoms with Crippen molar-refractivity contribution in [2.45, 2.75) is 13.8 Å². The van der Waals surface area contributed by atoms with Gasteiger partial charge in [0.25, 0.3) is 0 Å². The predicted molar refractivity (Wildman–Crippen MR) is 90.0 cm³/mol. The molecule has 23 heavy (non-hydrogen) atoms. The number of benzene rings is 1. The molecule has 0 aliphatic carbocycles. The fourth-order valence-electron chi connectivity index (χ4n) is 2.01. The molecule has 0 bridgehead atoms. The van der Waals surface area contributed by atoms with Crippen LogP contribution in [0, 0.1) is 13.8 Å². The number of nitrogens with zero attached hydrogens (tertiary/aromatic N) is 3. The van der Waals surface area contributed by atoms with Crippen LogP contribution in [0.5, 0.6) is 11.6 Å². The highest BCUT2D eigenvalue weighted by Crippen LogP contribution is 2.30. The molecule has 0 aliphatic rings. The van der Waals surface area contributed by atoms with E-state index in [1.54, 1.807) is 0 Å². The van der Waals surface area contributed by atoms with Crippen molar-refractivity contribution in [2.75, 3.05) is 11.1 Å². The van der Waals surface area contributed by atoms with E-state index in [0.29, 0.717) is 29.0 Å². The van der Waals surface area contributed by atoms with E-state index < -0.39 is 0 Å². The average molecular weight is 307 g/mol. The first-order valence-electron chi connectivity index (χ1n) is 7.17. The van der Waals surface area contributed by atoms with Gasteiger partial charge in [-0.25, -0.2) is 9.97 Å². The first kappa shape index (κ1) is 14.8. The summed E-state index contributed by atoms with van der Waals surface area (Å²) in [6.45, 7) is 3.93. The summed E-state index contributed by atoms with van der Waals surface area (Å²) in [5.41, 5.74) is 8.49. The first-order valence-corrected chi connectivity index (χ1v) is 7.17. The number of pyridine rings is 1. The lowest BCUT2D eigenvalue weighted by Crippen LogP contribution is -2.04. The van der Waals surface area contributed by atoms with E-state index in [9.17, 15) is 0 Å². The topological polar surface area (TPSA) is 86.0 Å². The standard InChI is InChI=1S/C17H17N5O/c1-11-6-8-13(9-7-11)23-17-15(18)16(19-10-20-17)22-14-5-3-4-12(2)21-14/h3-10H,18H2,1-2H3,(H,19,20,21,22). The summed E-state index contributed by atoms with van der Waals surface area (Å²) in [6, 6.07) is 13.3. The van der Waals surface area contributed by atoms with E-state index in [4.69, 9.17) is 10.5 Å². The van der Waals surface area contributed by atoms with Crippen LogP contribution in [0.2, 0.25) is 0 Å². The highest BCUT2D eigenvalue weighted by atomic mass is 16.5. The predicted octanol–water partition coefficient (Wildman–Crippen LogP) is 3.61. The molecule has 3 rings (SSSR count). The van der Waals surface area contributed by atoms with Crippen LogP contribution in [0.4, 0.5) is 17.3 Å². The normalized spacial score (nSPS) is 10.3. The molecule has 6 heteroatoms. The molecular weight excluding hydrogens is 290 g/mol. The molecule has 0 atom stereocenters. The lowest BCUT2D eigenvalue weighted by atomic mass is 10.2. The van der Waals surface area contributed by atoms with Crippen molar-refractivity contribution in [3.05, 3.63) is 60.0 Å². The van der Waals surface area contributed by atoms with Crippen LogP contribution in [0.15, 0.2) is 48.8 Å². The highest BCUT2D eigenvalue weighted by molar-refractivity contribution is 5.71. The average Bonchev–Trinajstić information content (AvgIpc) is 2.53. The number of aryl methyl sites for hydroxylation is 2. The van der Waals surface area contributed by atoms with Gasteiger partial charge in [-0.1, -0.05) is 23.8 Å². The second-order valence-corrected chi connectivity index (χ2v) is 5.15. The lowest BCUT2D eigenvalue weighted by molar-refractivity contribution is 0.464. The Labute approximate surface area is 134 Å². The number of anilines is 3. The van der Waals surface area contributed by atoms with Crippen LogP contribution in [-0.2, 0) is 0 Å². The van der Waals surface area contributed by atoms with E-state index in [0.717, 1.165) is 11.3 Å². The summed E-state index contributed by atoms with van der Waals surface area (Å²) in [5.74, 6) is 2.09. The van der Waals surface area contributed by atoms with Gasteiger partial charge in [0, 0.05) is 5.69 Å². The molecule has 0 saturated carbocycles.